The van der Waals surface area contributed by atoms with Crippen LogP contribution in [-0.4, -0.2) is 64.7 Å². The Morgan fingerprint density at radius 1 is 1.33 bits per heavy atom. The van der Waals surface area contributed by atoms with E-state index in [1.165, 1.54) is 6.42 Å². The smallest absolute Gasteiger partial charge is 0.183 e. The number of imidazole rings is 1. The lowest BCUT2D eigenvalue weighted by Gasteiger charge is -2.45. The third-order valence-corrected chi connectivity index (χ3v) is 5.62. The van der Waals surface area contributed by atoms with E-state index < -0.39 is 0 Å². The molecule has 2 aliphatic rings. The summed E-state index contributed by atoms with van der Waals surface area (Å²) in [6.45, 7) is 7.52. The third kappa shape index (κ3) is 2.75. The molecule has 0 spiro atoms. The van der Waals surface area contributed by atoms with Crippen LogP contribution < -0.4 is 5.32 Å². The largest absolute Gasteiger partial charge is 0.380 e. The molecule has 0 saturated carbocycles. The standard InChI is InChI=1S/C17H26N6O/c1-3-17(9-24-10-17)8-23-6-4-12(5-7-23)14-21-15(18-2)13-16(22-14)20-11-19-13/h11-12H,3-10H2,1-2H3,(H2,18,19,20,21,22). The molecular weight excluding hydrogens is 304 g/mol. The average Bonchev–Trinajstić information content (AvgIpc) is 3.06. The van der Waals surface area contributed by atoms with E-state index in [2.05, 4.69) is 32.1 Å². The van der Waals surface area contributed by atoms with Gasteiger partial charge in [-0.3, -0.25) is 0 Å². The molecule has 0 amide bonds. The molecule has 0 atom stereocenters. The fourth-order valence-electron chi connectivity index (χ4n) is 3.84. The van der Waals surface area contributed by atoms with Crippen LogP contribution in [0.4, 0.5) is 5.82 Å². The molecule has 7 heteroatoms. The fourth-order valence-corrected chi connectivity index (χ4v) is 3.84. The first-order chi connectivity index (χ1) is 11.7. The van der Waals surface area contributed by atoms with Gasteiger partial charge in [-0.2, -0.15) is 0 Å². The van der Waals surface area contributed by atoms with Gasteiger partial charge in [0, 0.05) is 24.9 Å². The van der Waals surface area contributed by atoms with Crippen molar-refractivity contribution in [2.45, 2.75) is 32.1 Å². The molecule has 2 fully saturated rings. The minimum absolute atomic E-state index is 0.399. The van der Waals surface area contributed by atoms with Gasteiger partial charge in [0.1, 0.15) is 11.3 Å². The van der Waals surface area contributed by atoms with Crippen LogP contribution in [0.5, 0.6) is 0 Å². The molecule has 0 aliphatic carbocycles. The monoisotopic (exact) mass is 330 g/mol. The molecule has 2 aromatic rings. The highest BCUT2D eigenvalue weighted by molar-refractivity contribution is 5.82. The number of nitrogens with one attached hydrogen (secondary N) is 2. The number of ether oxygens (including phenoxy) is 1. The molecule has 0 radical (unpaired) electrons. The van der Waals surface area contributed by atoms with Crippen LogP contribution in [0.2, 0.25) is 0 Å². The van der Waals surface area contributed by atoms with Crippen LogP contribution in [0.25, 0.3) is 11.2 Å². The van der Waals surface area contributed by atoms with E-state index in [4.69, 9.17) is 9.72 Å². The number of hydrogen-bond donors (Lipinski definition) is 2. The minimum atomic E-state index is 0.399. The second kappa shape index (κ2) is 6.29. The van der Waals surface area contributed by atoms with E-state index in [-0.39, 0.29) is 0 Å². The Hall–Kier alpha value is -1.73. The zero-order chi connectivity index (χ0) is 16.6. The zero-order valence-corrected chi connectivity index (χ0v) is 14.5. The Labute approximate surface area is 142 Å². The van der Waals surface area contributed by atoms with Crippen LogP contribution in [-0.2, 0) is 4.74 Å². The second-order valence-electron chi connectivity index (χ2n) is 7.18. The maximum Gasteiger partial charge on any atom is 0.183 e. The van der Waals surface area contributed by atoms with Gasteiger partial charge in [-0.15, -0.1) is 0 Å². The van der Waals surface area contributed by atoms with E-state index in [9.17, 15) is 0 Å². The van der Waals surface area contributed by atoms with Gasteiger partial charge in [-0.1, -0.05) is 6.92 Å². The molecule has 0 unspecified atom stereocenters. The van der Waals surface area contributed by atoms with Crippen molar-refractivity contribution in [2.24, 2.45) is 5.41 Å². The van der Waals surface area contributed by atoms with Gasteiger partial charge in [0.15, 0.2) is 11.5 Å². The third-order valence-electron chi connectivity index (χ3n) is 5.62. The fraction of sp³-hybridized carbons (Fsp3) is 0.706. The predicted molar refractivity (Wildman–Crippen MR) is 93.2 cm³/mol. The molecule has 7 nitrogen and oxygen atoms in total. The van der Waals surface area contributed by atoms with Crippen molar-refractivity contribution < 1.29 is 4.74 Å². The molecule has 0 aromatic carbocycles. The van der Waals surface area contributed by atoms with E-state index in [0.29, 0.717) is 11.3 Å². The van der Waals surface area contributed by atoms with Gasteiger partial charge in [-0.05, 0) is 32.4 Å². The van der Waals surface area contributed by atoms with Gasteiger partial charge in [0.05, 0.1) is 19.5 Å². The summed E-state index contributed by atoms with van der Waals surface area (Å²) in [5.74, 6) is 2.19. The molecule has 2 saturated heterocycles. The Kier molecular flexibility index (Phi) is 4.14. The highest BCUT2D eigenvalue weighted by Gasteiger charge is 2.39. The minimum Gasteiger partial charge on any atom is -0.380 e. The number of aromatic nitrogens is 4. The number of fused-ring (bicyclic) bond motifs is 1. The Bertz CT molecular complexity index is 697. The summed E-state index contributed by atoms with van der Waals surface area (Å²) in [6, 6.07) is 0. The summed E-state index contributed by atoms with van der Waals surface area (Å²) in [7, 11) is 1.89. The Balaban J connectivity index is 1.44. The SMILES string of the molecule is CCC1(CN2CCC(c3nc(NC)c4[nH]cnc4n3)CC2)COC1. The van der Waals surface area contributed by atoms with Crippen LogP contribution >= 0.6 is 0 Å². The maximum atomic E-state index is 5.46. The average molecular weight is 330 g/mol. The number of H-pyrrole nitrogens is 1. The first kappa shape index (κ1) is 15.8. The van der Waals surface area contributed by atoms with Gasteiger partial charge in [0.25, 0.3) is 0 Å². The topological polar surface area (TPSA) is 79.0 Å². The highest BCUT2D eigenvalue weighted by Crippen LogP contribution is 2.35. The van der Waals surface area contributed by atoms with Crippen LogP contribution in [0.1, 0.15) is 37.9 Å². The van der Waals surface area contributed by atoms with Crippen LogP contribution in [0, 0.1) is 5.41 Å². The molecule has 24 heavy (non-hydrogen) atoms. The van der Waals surface area contributed by atoms with Crippen molar-refractivity contribution in [3.63, 3.8) is 0 Å². The summed E-state index contributed by atoms with van der Waals surface area (Å²) in [4.78, 5) is 19.4. The molecular formula is C17H26N6O. The molecule has 4 rings (SSSR count). The predicted octanol–water partition coefficient (Wildman–Crippen LogP) is 2.00. The number of nitrogens with zero attached hydrogens (tertiary/aromatic N) is 4. The van der Waals surface area contributed by atoms with Crippen molar-refractivity contribution >= 4 is 17.0 Å². The summed E-state index contributed by atoms with van der Waals surface area (Å²) in [5, 5.41) is 3.15. The second-order valence-corrected chi connectivity index (χ2v) is 7.18. The molecule has 0 bridgehead atoms. The van der Waals surface area contributed by atoms with E-state index >= 15 is 0 Å². The van der Waals surface area contributed by atoms with Crippen molar-refractivity contribution in [2.75, 3.05) is 45.2 Å². The number of aromatic amines is 1. The van der Waals surface area contributed by atoms with Gasteiger partial charge >= 0.3 is 0 Å². The van der Waals surface area contributed by atoms with Crippen molar-refractivity contribution in [1.82, 2.24) is 24.8 Å². The first-order valence-electron chi connectivity index (χ1n) is 8.92. The van der Waals surface area contributed by atoms with E-state index in [1.54, 1.807) is 6.33 Å². The summed E-state index contributed by atoms with van der Waals surface area (Å²) in [6.07, 6.45) is 5.11. The lowest BCUT2D eigenvalue weighted by molar-refractivity contribution is -0.129. The maximum absolute atomic E-state index is 5.46. The molecule has 130 valence electrons. The lowest BCUT2D eigenvalue weighted by atomic mass is 9.82. The molecule has 2 N–H and O–H groups in total. The molecule has 4 heterocycles. The van der Waals surface area contributed by atoms with Gasteiger partial charge in [0.2, 0.25) is 0 Å². The van der Waals surface area contributed by atoms with Gasteiger partial charge in [-0.25, -0.2) is 15.0 Å². The highest BCUT2D eigenvalue weighted by atomic mass is 16.5. The van der Waals surface area contributed by atoms with E-state index in [1.807, 2.05) is 7.05 Å². The first-order valence-corrected chi connectivity index (χ1v) is 8.92. The van der Waals surface area contributed by atoms with Crippen molar-refractivity contribution in [3.05, 3.63) is 12.2 Å². The normalized spacial score (nSPS) is 21.8. The molecule has 2 aliphatic heterocycles. The Morgan fingerprint density at radius 3 is 2.75 bits per heavy atom. The number of likely N-dealkylation sites (tertiary alicyclic amines) is 1. The summed E-state index contributed by atoms with van der Waals surface area (Å²) < 4.78 is 5.46. The quantitative estimate of drug-likeness (QED) is 0.873. The molecule has 2 aromatic heterocycles. The number of rotatable bonds is 5. The zero-order valence-electron chi connectivity index (χ0n) is 14.5. The number of anilines is 1. The number of hydrogen-bond acceptors (Lipinski definition) is 6. The summed E-state index contributed by atoms with van der Waals surface area (Å²) in [5.41, 5.74) is 2.04. The van der Waals surface area contributed by atoms with E-state index in [0.717, 1.165) is 68.5 Å². The summed E-state index contributed by atoms with van der Waals surface area (Å²) >= 11 is 0. The van der Waals surface area contributed by atoms with Gasteiger partial charge < -0.3 is 19.9 Å². The number of piperidine rings is 1. The van der Waals surface area contributed by atoms with Crippen molar-refractivity contribution in [3.8, 4) is 0 Å². The Morgan fingerprint density at radius 2 is 2.12 bits per heavy atom. The van der Waals surface area contributed by atoms with Crippen LogP contribution in [0.15, 0.2) is 6.33 Å². The van der Waals surface area contributed by atoms with Crippen molar-refractivity contribution in [1.29, 1.82) is 0 Å². The lowest BCUT2D eigenvalue weighted by Crippen LogP contribution is -2.51. The van der Waals surface area contributed by atoms with Crippen LogP contribution in [0.3, 0.4) is 0 Å².